The van der Waals surface area contributed by atoms with E-state index in [9.17, 15) is 0 Å². The molecule has 1 heterocycles. The molecule has 3 rings (SSSR count). The zero-order valence-electron chi connectivity index (χ0n) is 17.5. The molecule has 0 spiro atoms. The van der Waals surface area contributed by atoms with E-state index in [0.29, 0.717) is 18.6 Å². The van der Waals surface area contributed by atoms with Crippen LogP contribution < -0.4 is 14.8 Å². The van der Waals surface area contributed by atoms with Crippen molar-refractivity contribution >= 4 is 0 Å². The first-order chi connectivity index (χ1) is 13.7. The average Bonchev–Trinajstić information content (AvgIpc) is 2.74. The van der Waals surface area contributed by atoms with Crippen LogP contribution in [0.5, 0.6) is 11.5 Å². The summed E-state index contributed by atoms with van der Waals surface area (Å²) in [6.45, 7) is 9.46. The second kappa shape index (κ2) is 10.5. The zero-order chi connectivity index (χ0) is 19.8. The van der Waals surface area contributed by atoms with E-state index < -0.39 is 0 Å². The summed E-state index contributed by atoms with van der Waals surface area (Å²) < 4.78 is 11.7. The van der Waals surface area contributed by atoms with Gasteiger partial charge < -0.3 is 14.8 Å². The lowest BCUT2D eigenvalue weighted by Gasteiger charge is -2.36. The van der Waals surface area contributed by atoms with Crippen molar-refractivity contribution in [2.24, 2.45) is 5.92 Å². The van der Waals surface area contributed by atoms with Gasteiger partial charge in [-0.05, 0) is 42.0 Å². The van der Waals surface area contributed by atoms with Gasteiger partial charge in [0.25, 0.3) is 0 Å². The smallest absolute Gasteiger partial charge is 0.161 e. The number of ether oxygens (including phenoxy) is 2. The van der Waals surface area contributed by atoms with E-state index in [2.05, 4.69) is 54.4 Å². The van der Waals surface area contributed by atoms with Gasteiger partial charge in [-0.15, -0.1) is 0 Å². The molecule has 2 aromatic rings. The van der Waals surface area contributed by atoms with Crippen LogP contribution in [0.1, 0.15) is 43.9 Å². The fraction of sp³-hybridized carbons (Fsp3) is 0.500. The number of nitrogens with zero attached hydrogens (tertiary/aromatic N) is 1. The Kier molecular flexibility index (Phi) is 7.75. The summed E-state index contributed by atoms with van der Waals surface area (Å²) in [7, 11) is 1.71. The molecular weight excluding hydrogens is 348 g/mol. The van der Waals surface area contributed by atoms with E-state index in [-0.39, 0.29) is 0 Å². The number of hydrogen-bond donors (Lipinski definition) is 1. The van der Waals surface area contributed by atoms with Gasteiger partial charge in [0.05, 0.1) is 7.11 Å². The quantitative estimate of drug-likeness (QED) is 0.684. The van der Waals surface area contributed by atoms with Crippen molar-refractivity contribution in [1.29, 1.82) is 0 Å². The van der Waals surface area contributed by atoms with Gasteiger partial charge in [-0.25, -0.2) is 0 Å². The molecule has 4 nitrogen and oxygen atoms in total. The third kappa shape index (κ3) is 5.73. The molecular formula is C24H34N2O2. The van der Waals surface area contributed by atoms with E-state index in [1.54, 1.807) is 7.11 Å². The van der Waals surface area contributed by atoms with E-state index >= 15 is 0 Å². The summed E-state index contributed by atoms with van der Waals surface area (Å²) in [5, 5.41) is 3.47. The predicted octanol–water partition coefficient (Wildman–Crippen LogP) is 4.66. The third-order valence-corrected chi connectivity index (χ3v) is 5.42. The van der Waals surface area contributed by atoms with Gasteiger partial charge in [0.2, 0.25) is 0 Å². The topological polar surface area (TPSA) is 33.7 Å². The molecule has 2 aromatic carbocycles. The van der Waals surface area contributed by atoms with Crippen LogP contribution in [0.3, 0.4) is 0 Å². The molecule has 1 fully saturated rings. The van der Waals surface area contributed by atoms with Crippen LogP contribution in [0, 0.1) is 5.92 Å². The lowest BCUT2D eigenvalue weighted by atomic mass is 9.95. The summed E-state index contributed by atoms with van der Waals surface area (Å²) in [6.07, 6.45) is 2.39. The number of rotatable bonds is 9. The van der Waals surface area contributed by atoms with Gasteiger partial charge in [0, 0.05) is 32.2 Å². The SMILES string of the molecule is COc1ccc([C@H](CCC(C)C)N2CCNCC2)cc1OCc1ccccc1. The van der Waals surface area contributed by atoms with Crippen molar-refractivity contribution in [2.75, 3.05) is 33.3 Å². The van der Waals surface area contributed by atoms with Gasteiger partial charge in [0.1, 0.15) is 6.61 Å². The molecule has 0 radical (unpaired) electrons. The van der Waals surface area contributed by atoms with Crippen LogP contribution in [-0.4, -0.2) is 38.2 Å². The maximum atomic E-state index is 6.16. The molecule has 1 aliphatic heterocycles. The van der Waals surface area contributed by atoms with Crippen molar-refractivity contribution in [3.05, 3.63) is 59.7 Å². The van der Waals surface area contributed by atoms with E-state index in [0.717, 1.165) is 43.2 Å². The lowest BCUT2D eigenvalue weighted by Crippen LogP contribution is -2.45. The largest absolute Gasteiger partial charge is 0.493 e. The third-order valence-electron chi connectivity index (χ3n) is 5.42. The Morgan fingerprint density at radius 2 is 1.71 bits per heavy atom. The second-order valence-corrected chi connectivity index (χ2v) is 7.96. The number of hydrogen-bond acceptors (Lipinski definition) is 4. The Morgan fingerprint density at radius 3 is 2.39 bits per heavy atom. The summed E-state index contributed by atoms with van der Waals surface area (Å²) >= 11 is 0. The highest BCUT2D eigenvalue weighted by molar-refractivity contribution is 5.44. The standard InChI is InChI=1S/C24H34N2O2/c1-19(2)9-11-22(26-15-13-25-14-16-26)21-10-12-23(27-3)24(17-21)28-18-20-7-5-4-6-8-20/h4-8,10,12,17,19,22,25H,9,11,13-16,18H2,1-3H3/t22-/m0/s1. The van der Waals surface area contributed by atoms with Crippen molar-refractivity contribution < 1.29 is 9.47 Å². The van der Waals surface area contributed by atoms with E-state index in [4.69, 9.17) is 9.47 Å². The Balaban J connectivity index is 1.80. The molecule has 0 saturated carbocycles. The molecule has 0 unspecified atom stereocenters. The van der Waals surface area contributed by atoms with Gasteiger partial charge in [-0.2, -0.15) is 0 Å². The van der Waals surface area contributed by atoms with Crippen molar-refractivity contribution in [1.82, 2.24) is 10.2 Å². The zero-order valence-corrected chi connectivity index (χ0v) is 17.5. The normalized spacial score (nSPS) is 16.1. The number of piperazine rings is 1. The Bertz CT molecular complexity index is 712. The first-order valence-corrected chi connectivity index (χ1v) is 10.5. The van der Waals surface area contributed by atoms with E-state index in [1.165, 1.54) is 18.4 Å². The van der Waals surface area contributed by atoms with Crippen LogP contribution in [0.15, 0.2) is 48.5 Å². The minimum Gasteiger partial charge on any atom is -0.493 e. The average molecular weight is 383 g/mol. The number of methoxy groups -OCH3 is 1. The summed E-state index contributed by atoms with van der Waals surface area (Å²) in [5.41, 5.74) is 2.49. The molecule has 0 amide bonds. The van der Waals surface area contributed by atoms with Crippen LogP contribution >= 0.6 is 0 Å². The van der Waals surface area contributed by atoms with Gasteiger partial charge in [-0.1, -0.05) is 50.2 Å². The minimum absolute atomic E-state index is 0.425. The summed E-state index contributed by atoms with van der Waals surface area (Å²) in [5.74, 6) is 2.33. The minimum atomic E-state index is 0.425. The molecule has 1 N–H and O–H groups in total. The molecule has 28 heavy (non-hydrogen) atoms. The fourth-order valence-electron chi connectivity index (χ4n) is 3.79. The number of nitrogens with one attached hydrogen (secondary N) is 1. The van der Waals surface area contributed by atoms with Crippen LogP contribution in [0.4, 0.5) is 0 Å². The molecule has 152 valence electrons. The molecule has 1 atom stereocenters. The highest BCUT2D eigenvalue weighted by Gasteiger charge is 2.23. The Labute approximate surface area is 169 Å². The Hall–Kier alpha value is -2.04. The highest BCUT2D eigenvalue weighted by atomic mass is 16.5. The molecule has 0 aromatic heterocycles. The second-order valence-electron chi connectivity index (χ2n) is 7.96. The van der Waals surface area contributed by atoms with Gasteiger partial charge in [-0.3, -0.25) is 4.90 Å². The van der Waals surface area contributed by atoms with Crippen LogP contribution in [-0.2, 0) is 6.61 Å². The molecule has 1 aliphatic rings. The van der Waals surface area contributed by atoms with Crippen LogP contribution in [0.2, 0.25) is 0 Å². The first kappa shape index (κ1) is 20.7. The molecule has 0 bridgehead atoms. The summed E-state index contributed by atoms with van der Waals surface area (Å²) in [6, 6.07) is 17.2. The number of benzene rings is 2. The van der Waals surface area contributed by atoms with Crippen molar-refractivity contribution in [2.45, 2.75) is 39.3 Å². The molecule has 4 heteroatoms. The Morgan fingerprint density at radius 1 is 0.964 bits per heavy atom. The monoisotopic (exact) mass is 382 g/mol. The van der Waals surface area contributed by atoms with Crippen LogP contribution in [0.25, 0.3) is 0 Å². The fourth-order valence-corrected chi connectivity index (χ4v) is 3.79. The lowest BCUT2D eigenvalue weighted by molar-refractivity contribution is 0.159. The van der Waals surface area contributed by atoms with Gasteiger partial charge in [0.15, 0.2) is 11.5 Å². The molecule has 1 saturated heterocycles. The maximum Gasteiger partial charge on any atom is 0.161 e. The maximum absolute atomic E-state index is 6.16. The highest BCUT2D eigenvalue weighted by Crippen LogP contribution is 2.35. The van der Waals surface area contributed by atoms with Crippen molar-refractivity contribution in [3.8, 4) is 11.5 Å². The first-order valence-electron chi connectivity index (χ1n) is 10.5. The van der Waals surface area contributed by atoms with Crippen molar-refractivity contribution in [3.63, 3.8) is 0 Å². The molecule has 0 aliphatic carbocycles. The van der Waals surface area contributed by atoms with E-state index in [1.807, 2.05) is 18.2 Å². The van der Waals surface area contributed by atoms with Gasteiger partial charge >= 0.3 is 0 Å². The summed E-state index contributed by atoms with van der Waals surface area (Å²) in [4.78, 5) is 2.61. The predicted molar refractivity (Wildman–Crippen MR) is 115 cm³/mol.